The number of nitrogens with one attached hydrogen (secondary N) is 1. The number of carbonyl (C=O) groups excluding carboxylic acids is 1. The third kappa shape index (κ3) is 5.03. The summed E-state index contributed by atoms with van der Waals surface area (Å²) in [6, 6.07) is 14.6. The molecule has 2 heterocycles. The highest BCUT2D eigenvalue weighted by Crippen LogP contribution is 2.19. The minimum Gasteiger partial charge on any atom is -0.391 e. The number of amides is 1. The number of hydrazine groups is 2. The molecule has 0 saturated heterocycles. The summed E-state index contributed by atoms with van der Waals surface area (Å²) in [6.45, 7) is 6.27. The Morgan fingerprint density at radius 3 is 2.53 bits per heavy atom. The quantitative estimate of drug-likeness (QED) is 0.553. The van der Waals surface area contributed by atoms with Crippen LogP contribution in [0.5, 0.6) is 5.88 Å². The Kier molecular flexibility index (Phi) is 6.17. The number of benzene rings is 1. The van der Waals surface area contributed by atoms with E-state index in [1.54, 1.807) is 12.1 Å². The zero-order valence-electron chi connectivity index (χ0n) is 17.4. The van der Waals surface area contributed by atoms with Crippen LogP contribution < -0.4 is 16.0 Å². The van der Waals surface area contributed by atoms with Gasteiger partial charge in [0, 0.05) is 18.7 Å². The van der Waals surface area contributed by atoms with Crippen molar-refractivity contribution in [1.82, 2.24) is 20.6 Å². The topological polar surface area (TPSA) is 118 Å². The van der Waals surface area contributed by atoms with E-state index in [1.807, 2.05) is 47.5 Å². The second-order valence-electron chi connectivity index (χ2n) is 7.51. The Morgan fingerprint density at radius 2 is 1.90 bits per heavy atom. The van der Waals surface area contributed by atoms with Crippen LogP contribution in [-0.2, 0) is 11.4 Å². The van der Waals surface area contributed by atoms with Crippen LogP contribution in [0.25, 0.3) is 0 Å². The molecule has 3 N–H and O–H groups in total. The Hall–Kier alpha value is -3.66. The van der Waals surface area contributed by atoms with Crippen molar-refractivity contribution in [3.63, 3.8) is 0 Å². The number of hydrogen-bond donors (Lipinski definition) is 2. The normalized spacial score (nSPS) is 14.9. The lowest BCUT2D eigenvalue weighted by molar-refractivity contribution is -0.0482. The van der Waals surface area contributed by atoms with E-state index in [0.717, 1.165) is 5.56 Å². The molecule has 1 aromatic carbocycles. The Balaban J connectivity index is 1.81. The van der Waals surface area contributed by atoms with E-state index < -0.39 is 6.09 Å². The summed E-state index contributed by atoms with van der Waals surface area (Å²) in [5.41, 5.74) is 9.77. The molecule has 10 nitrogen and oxygen atoms in total. The van der Waals surface area contributed by atoms with Gasteiger partial charge in [0.2, 0.25) is 5.88 Å². The van der Waals surface area contributed by atoms with Gasteiger partial charge in [0.05, 0.1) is 11.2 Å². The molecule has 158 valence electrons. The molecule has 0 radical (unpaired) electrons. The van der Waals surface area contributed by atoms with Gasteiger partial charge in [-0.15, -0.1) is 10.2 Å². The van der Waals surface area contributed by atoms with Crippen molar-refractivity contribution < 1.29 is 14.4 Å². The molecule has 0 unspecified atom stereocenters. The molecule has 1 aromatic heterocycles. The van der Waals surface area contributed by atoms with Gasteiger partial charge in [-0.25, -0.2) is 15.3 Å². The number of hydrogen-bond acceptors (Lipinski definition) is 9. The lowest BCUT2D eigenvalue weighted by Crippen LogP contribution is -2.54. The van der Waals surface area contributed by atoms with Crippen LogP contribution >= 0.6 is 0 Å². The van der Waals surface area contributed by atoms with E-state index in [2.05, 4.69) is 41.5 Å². The van der Waals surface area contributed by atoms with Gasteiger partial charge in [0.15, 0.2) is 18.2 Å². The fourth-order valence-electron chi connectivity index (χ4n) is 2.81. The number of oxime groups is 1. The smallest absolute Gasteiger partial charge is 0.391 e. The number of carbonyl (C=O) groups is 1. The van der Waals surface area contributed by atoms with Crippen molar-refractivity contribution in [2.24, 2.45) is 16.0 Å². The largest absolute Gasteiger partial charge is 0.411 e. The van der Waals surface area contributed by atoms with Crippen molar-refractivity contribution in [3.05, 3.63) is 59.8 Å². The number of amidine groups is 1. The van der Waals surface area contributed by atoms with Gasteiger partial charge in [-0.05, 0) is 26.8 Å². The van der Waals surface area contributed by atoms with Crippen LogP contribution in [0, 0.1) is 0 Å². The number of rotatable bonds is 6. The number of likely N-dealkylation sites (N-methyl/N-ethyl adjacent to an activating group) is 1. The first-order valence-electron chi connectivity index (χ1n) is 9.32. The number of nitrogens with two attached hydrogens (primary N) is 1. The molecule has 3 rings (SSSR count). The van der Waals surface area contributed by atoms with Crippen molar-refractivity contribution in [1.29, 1.82) is 0 Å². The number of pyridine rings is 1. The van der Waals surface area contributed by atoms with Gasteiger partial charge in [0.25, 0.3) is 0 Å². The maximum atomic E-state index is 10.9. The lowest BCUT2D eigenvalue weighted by atomic mass is 10.1. The van der Waals surface area contributed by atoms with E-state index in [-0.39, 0.29) is 18.0 Å². The number of primary amides is 1. The molecular weight excluding hydrogens is 386 g/mol. The van der Waals surface area contributed by atoms with Crippen LogP contribution in [0.1, 0.15) is 32.0 Å². The minimum absolute atomic E-state index is 0.0692. The van der Waals surface area contributed by atoms with Gasteiger partial charge in [-0.2, -0.15) is 0 Å². The molecule has 0 fully saturated rings. The average Bonchev–Trinajstić information content (AvgIpc) is 3.07. The summed E-state index contributed by atoms with van der Waals surface area (Å²) >= 11 is 0. The van der Waals surface area contributed by atoms with Crippen LogP contribution in [0.4, 0.5) is 4.79 Å². The first kappa shape index (κ1) is 21.1. The third-order valence-electron chi connectivity index (χ3n) is 4.11. The molecule has 10 heteroatoms. The first-order valence-corrected chi connectivity index (χ1v) is 9.32. The summed E-state index contributed by atoms with van der Waals surface area (Å²) in [7, 11) is 1.90. The van der Waals surface area contributed by atoms with E-state index in [9.17, 15) is 4.79 Å². The molecular formula is C20H25N7O3. The summed E-state index contributed by atoms with van der Waals surface area (Å²) in [5.74, 6) is 0.704. The molecule has 0 bridgehead atoms. The molecule has 0 spiro atoms. The van der Waals surface area contributed by atoms with Crippen LogP contribution in [0.2, 0.25) is 0 Å². The number of aromatic nitrogens is 1. The second kappa shape index (κ2) is 8.78. The zero-order valence-corrected chi connectivity index (χ0v) is 17.4. The fourth-order valence-corrected chi connectivity index (χ4v) is 2.81. The fraction of sp³-hybridized carbons (Fsp3) is 0.300. The minimum atomic E-state index is -0.928. The highest BCUT2D eigenvalue weighted by atomic mass is 16.6. The summed E-state index contributed by atoms with van der Waals surface area (Å²) in [4.78, 5) is 20.6. The van der Waals surface area contributed by atoms with Crippen LogP contribution in [0.15, 0.2) is 58.8 Å². The van der Waals surface area contributed by atoms with E-state index >= 15 is 0 Å². The molecule has 0 atom stereocenters. The number of nitrogens with zero attached hydrogens (tertiary/aromatic N) is 5. The van der Waals surface area contributed by atoms with Gasteiger partial charge < -0.3 is 15.3 Å². The molecule has 30 heavy (non-hydrogen) atoms. The molecule has 1 aliphatic heterocycles. The molecule has 2 aromatic rings. The second-order valence-corrected chi connectivity index (χ2v) is 7.51. The lowest BCUT2D eigenvalue weighted by Gasteiger charge is -2.36. The molecule has 0 aliphatic carbocycles. The highest BCUT2D eigenvalue weighted by Gasteiger charge is 2.34. The maximum Gasteiger partial charge on any atom is 0.411 e. The van der Waals surface area contributed by atoms with E-state index in [1.165, 1.54) is 6.07 Å². The van der Waals surface area contributed by atoms with Gasteiger partial charge >= 0.3 is 6.09 Å². The predicted molar refractivity (Wildman–Crippen MR) is 112 cm³/mol. The standard InChI is InChI=1S/C20H25N7O3/c1-20(2,3)27-25-23-18(26(27)4)17(14-9-6-5-7-10-14)24-29-13-15-11-8-12-16(22-15)30-19(21)28/h5-12,25H,13H2,1-4H3,(H2,21,28). The molecule has 1 amide bonds. The Bertz CT molecular complexity index is 954. The van der Waals surface area contributed by atoms with Gasteiger partial charge in [-0.1, -0.05) is 41.6 Å². The SMILES string of the molecule is CN1C(C(=NOCc2cccc(OC(N)=O)n2)c2ccccc2)=NNN1C(C)(C)C. The van der Waals surface area contributed by atoms with Crippen molar-refractivity contribution >= 4 is 17.6 Å². The zero-order chi connectivity index (χ0) is 21.7. The Morgan fingerprint density at radius 1 is 1.17 bits per heavy atom. The van der Waals surface area contributed by atoms with Crippen molar-refractivity contribution in [2.75, 3.05) is 7.05 Å². The molecule has 0 saturated carbocycles. The summed E-state index contributed by atoms with van der Waals surface area (Å²) in [6.07, 6.45) is -0.928. The van der Waals surface area contributed by atoms with E-state index in [0.29, 0.717) is 17.2 Å². The van der Waals surface area contributed by atoms with Crippen molar-refractivity contribution in [2.45, 2.75) is 32.9 Å². The predicted octanol–water partition coefficient (Wildman–Crippen LogP) is 2.24. The Labute approximate surface area is 174 Å². The first-order chi connectivity index (χ1) is 14.3. The van der Waals surface area contributed by atoms with Crippen LogP contribution in [-0.4, -0.2) is 45.3 Å². The van der Waals surface area contributed by atoms with E-state index in [4.69, 9.17) is 15.3 Å². The maximum absolute atomic E-state index is 10.9. The number of ether oxygens (including phenoxy) is 1. The number of hydrazone groups is 1. The van der Waals surface area contributed by atoms with Crippen molar-refractivity contribution in [3.8, 4) is 5.88 Å². The summed E-state index contributed by atoms with van der Waals surface area (Å²) in [5, 5.41) is 12.5. The van der Waals surface area contributed by atoms with Gasteiger partial charge in [0.1, 0.15) is 0 Å². The van der Waals surface area contributed by atoms with Gasteiger partial charge in [-0.3, -0.25) is 5.01 Å². The highest BCUT2D eigenvalue weighted by molar-refractivity contribution is 6.47. The molecule has 1 aliphatic rings. The third-order valence-corrected chi connectivity index (χ3v) is 4.11. The van der Waals surface area contributed by atoms with Crippen LogP contribution in [0.3, 0.4) is 0 Å². The monoisotopic (exact) mass is 411 g/mol. The summed E-state index contributed by atoms with van der Waals surface area (Å²) < 4.78 is 4.79. The average molecular weight is 411 g/mol.